The Kier molecular flexibility index (Phi) is 25.8. The third-order valence-electron chi connectivity index (χ3n) is 23.7. The van der Waals surface area contributed by atoms with E-state index in [9.17, 15) is 19.2 Å². The molecule has 0 aliphatic carbocycles. The standard InChI is InChI=1S/C29H23N5O2.2C27H21N7O2.C26H20N8O2/c1-19-17-34(18-31-19)29-25-16-27(32-26(25)11-12-30-29)22-9-7-20(8-10-22)13-23(35)14-24-15-28(33-36-24)21-5-3-2-4-6-21;1-17-15-34(16-30-17)27-25-23(8-11-29-27)31-26(32-25)20-4-2-18(3-5-20)12-21(35)13-22-14-24(33-36-22)19-6-9-28-10-7-19;1-17-14-34(16-31-17)27-23-13-24(32-26(23)29-15-30-27)19-4-2-18(3-5-19)10-21(35)11-22-12-25(33-36-22)20-6-8-28-9-7-20;1-16-13-34(15-30-16)26-23-25(28-14-29-26)32-24(31-23)19-4-2-17(3-5-19)10-20(35)11-21-12-22(33-36-21)18-6-8-27-9-7-18/h2-12,15-18,32H,13-14H2,1H3;2-11,14-16H,12-13H2,1H3,(H,31,32);2-9,12-16H,10-11H2,1H3,(H,29,30,32);2-9,12-15H,10-11H2,1H3,(H,28,29,31,32). The van der Waals surface area contributed by atoms with Gasteiger partial charge < -0.3 is 38.0 Å². The van der Waals surface area contributed by atoms with E-state index in [1.807, 2.05) is 259 Å². The van der Waals surface area contributed by atoms with Crippen LogP contribution in [0.3, 0.4) is 0 Å². The maximum Gasteiger partial charge on any atom is 0.183 e. The number of imidazole rings is 6. The van der Waals surface area contributed by atoms with E-state index in [4.69, 9.17) is 23.1 Å². The lowest BCUT2D eigenvalue weighted by Gasteiger charge is -2.02. The number of nitrogens with one attached hydrogen (secondary N) is 4. The Morgan fingerprint density at radius 1 is 0.292 bits per heavy atom. The molecule has 35 heteroatoms. The molecule has 0 bridgehead atoms. The van der Waals surface area contributed by atoms with E-state index >= 15 is 0 Å². The van der Waals surface area contributed by atoms with Crippen LogP contribution in [0.4, 0.5) is 0 Å². The predicted octanol–water partition coefficient (Wildman–Crippen LogP) is 18.7. The van der Waals surface area contributed by atoms with Crippen molar-refractivity contribution in [1.82, 2.24) is 134 Å². The minimum Gasteiger partial charge on any atom is -0.360 e. The Morgan fingerprint density at radius 2 is 0.653 bits per heavy atom. The topological polar surface area (TPSA) is 449 Å². The fraction of sp³-hybridized carbons (Fsp3) is 0.110. The molecular weight excluding hydrogens is 1820 g/mol. The summed E-state index contributed by atoms with van der Waals surface area (Å²) < 4.78 is 29.0. The molecule has 0 saturated carbocycles. The minimum absolute atomic E-state index is 0.0412. The van der Waals surface area contributed by atoms with Crippen LogP contribution in [0.15, 0.2) is 343 Å². The van der Waals surface area contributed by atoms with Crippen LogP contribution >= 0.6 is 0 Å². The molecule has 0 unspecified atom stereocenters. The number of carbonyl (C=O) groups is 4. The van der Waals surface area contributed by atoms with Gasteiger partial charge in [0, 0.05) is 174 Å². The zero-order chi connectivity index (χ0) is 97.9. The van der Waals surface area contributed by atoms with Crippen LogP contribution in [-0.4, -0.2) is 157 Å². The van der Waals surface area contributed by atoms with Gasteiger partial charge in [-0.05, 0) is 122 Å². The van der Waals surface area contributed by atoms with Crippen molar-refractivity contribution in [2.24, 2.45) is 0 Å². The van der Waals surface area contributed by atoms with Gasteiger partial charge in [-0.25, -0.2) is 59.8 Å². The van der Waals surface area contributed by atoms with Crippen molar-refractivity contribution in [2.45, 2.75) is 79.1 Å². The summed E-state index contributed by atoms with van der Waals surface area (Å²) in [5.41, 5.74) is 24.3. The number of nitrogens with zero attached hydrogens (tertiary/aromatic N) is 23. The van der Waals surface area contributed by atoms with Gasteiger partial charge in [0.05, 0.1) is 64.9 Å². The molecule has 144 heavy (non-hydrogen) atoms. The van der Waals surface area contributed by atoms with Gasteiger partial charge in [-0.3, -0.25) is 52.4 Å². The number of Topliss-reactive ketones (excluding diaryl/α,β-unsaturated/α-hetero) is 4. The summed E-state index contributed by atoms with van der Waals surface area (Å²) in [7, 11) is 0. The second kappa shape index (κ2) is 41.0. The molecular formula is C109H85N27O8. The number of aromatic nitrogens is 27. The number of carbonyl (C=O) groups excluding carboxylic acids is 4. The maximum absolute atomic E-state index is 12.7. The van der Waals surface area contributed by atoms with Crippen LogP contribution in [0.2, 0.25) is 0 Å². The summed E-state index contributed by atoms with van der Waals surface area (Å²) in [5, 5.41) is 18.2. The highest BCUT2D eigenvalue weighted by atomic mass is 16.5. The van der Waals surface area contributed by atoms with Crippen molar-refractivity contribution in [3.05, 3.63) is 393 Å². The zero-order valence-electron chi connectivity index (χ0n) is 77.8. The van der Waals surface area contributed by atoms with Crippen molar-refractivity contribution in [2.75, 3.05) is 0 Å². The molecule has 0 amide bonds. The molecule has 0 atom stereocenters. The average molecular weight is 1900 g/mol. The van der Waals surface area contributed by atoms with E-state index in [1.165, 1.54) is 12.7 Å². The van der Waals surface area contributed by atoms with Crippen LogP contribution in [0.5, 0.6) is 0 Å². The Labute approximate surface area is 818 Å². The number of hydrogen-bond donors (Lipinski definition) is 4. The van der Waals surface area contributed by atoms with Gasteiger partial charge in [0.25, 0.3) is 0 Å². The van der Waals surface area contributed by atoms with E-state index < -0.39 is 0 Å². The first-order valence-electron chi connectivity index (χ1n) is 45.9. The van der Waals surface area contributed by atoms with Gasteiger partial charge >= 0.3 is 0 Å². The van der Waals surface area contributed by atoms with Crippen molar-refractivity contribution in [3.8, 4) is 114 Å². The third kappa shape index (κ3) is 21.1. The van der Waals surface area contributed by atoms with Crippen molar-refractivity contribution >= 4 is 67.3 Å². The summed E-state index contributed by atoms with van der Waals surface area (Å²) in [6.07, 6.45) is 33.4. The average Bonchev–Trinajstić information content (AvgIpc) is 1.65. The van der Waals surface area contributed by atoms with Gasteiger partial charge in [0.2, 0.25) is 0 Å². The molecule has 0 saturated heterocycles. The summed E-state index contributed by atoms with van der Waals surface area (Å²) >= 11 is 0. The van der Waals surface area contributed by atoms with Crippen LogP contribution in [-0.2, 0) is 70.5 Å². The molecule has 24 rings (SSSR count). The Hall–Kier alpha value is -19.6. The molecule has 0 radical (unpaired) electrons. The fourth-order valence-corrected chi connectivity index (χ4v) is 16.6. The van der Waals surface area contributed by atoms with Gasteiger partial charge in [0.15, 0.2) is 23.1 Å². The number of fused-ring (bicyclic) bond motifs is 4. The van der Waals surface area contributed by atoms with Gasteiger partial charge in [-0.1, -0.05) is 148 Å². The van der Waals surface area contributed by atoms with Gasteiger partial charge in [0.1, 0.15) is 141 Å². The molecule has 5 aromatic carbocycles. The van der Waals surface area contributed by atoms with Gasteiger partial charge in [-0.15, -0.1) is 0 Å². The molecule has 0 spiro atoms. The molecule has 19 aromatic heterocycles. The Morgan fingerprint density at radius 3 is 1.08 bits per heavy atom. The van der Waals surface area contributed by atoms with E-state index in [0.717, 1.165) is 168 Å². The summed E-state index contributed by atoms with van der Waals surface area (Å²) in [5.74, 6) is 6.85. The summed E-state index contributed by atoms with van der Waals surface area (Å²) in [6, 6.07) is 67.6. The molecule has 704 valence electrons. The number of aryl methyl sites for hydroxylation is 4. The lowest BCUT2D eigenvalue weighted by molar-refractivity contribution is -0.118. The van der Waals surface area contributed by atoms with Crippen LogP contribution in [0.25, 0.3) is 158 Å². The number of pyridine rings is 5. The molecule has 24 aromatic rings. The third-order valence-corrected chi connectivity index (χ3v) is 23.7. The molecule has 19 heterocycles. The first kappa shape index (κ1) is 90.8. The maximum atomic E-state index is 12.7. The van der Waals surface area contributed by atoms with E-state index in [1.54, 1.807) is 93.1 Å². The normalized spacial score (nSPS) is 11.2. The summed E-state index contributed by atoms with van der Waals surface area (Å²) in [6.45, 7) is 7.75. The smallest absolute Gasteiger partial charge is 0.183 e. The van der Waals surface area contributed by atoms with E-state index in [-0.39, 0.29) is 48.8 Å². The highest BCUT2D eigenvalue weighted by Gasteiger charge is 2.23. The highest BCUT2D eigenvalue weighted by molar-refractivity contribution is 5.93. The fourth-order valence-electron chi connectivity index (χ4n) is 16.6. The van der Waals surface area contributed by atoms with Crippen LogP contribution in [0.1, 0.15) is 68.1 Å². The quantitative estimate of drug-likeness (QED) is 0.0354. The Balaban J connectivity index is 0.000000113. The number of benzene rings is 5. The second-order valence-corrected chi connectivity index (χ2v) is 34.4. The zero-order valence-corrected chi connectivity index (χ0v) is 77.8. The lowest BCUT2D eigenvalue weighted by Crippen LogP contribution is -2.05. The monoisotopic (exact) mass is 1900 g/mol. The van der Waals surface area contributed by atoms with Crippen LogP contribution in [0, 0.1) is 27.7 Å². The van der Waals surface area contributed by atoms with Crippen molar-refractivity contribution < 1.29 is 37.3 Å². The van der Waals surface area contributed by atoms with Gasteiger partial charge in [-0.2, -0.15) is 0 Å². The van der Waals surface area contributed by atoms with E-state index in [2.05, 4.69) is 116 Å². The minimum atomic E-state index is 0.0412. The summed E-state index contributed by atoms with van der Waals surface area (Å²) in [4.78, 5) is 129. The number of aromatic amines is 4. The number of ketones is 4. The van der Waals surface area contributed by atoms with Crippen LogP contribution < -0.4 is 0 Å². The molecule has 4 N–H and O–H groups in total. The molecule has 0 aliphatic rings. The largest absolute Gasteiger partial charge is 0.360 e. The number of H-pyrrole nitrogens is 4. The molecule has 0 fully saturated rings. The van der Waals surface area contributed by atoms with Crippen molar-refractivity contribution in [1.29, 1.82) is 0 Å². The first-order valence-corrected chi connectivity index (χ1v) is 45.9. The highest BCUT2D eigenvalue weighted by Crippen LogP contribution is 2.34. The second-order valence-electron chi connectivity index (χ2n) is 34.4. The predicted molar refractivity (Wildman–Crippen MR) is 536 cm³/mol. The van der Waals surface area contributed by atoms with E-state index in [0.29, 0.717) is 83.1 Å². The number of hydrogen-bond acceptors (Lipinski definition) is 27. The Bertz CT molecular complexity index is 7660. The molecule has 35 nitrogen and oxygen atoms in total. The SMILES string of the molecule is Cc1cn(-c2nccc3[nH]c(-c4ccc(CC(=O)Cc5cc(-c6ccccc6)no5)cc4)cc23)cn1.Cc1cn(-c2nccc3[nH]c(-c4ccc(CC(=O)Cc5cc(-c6ccncc6)no5)cc4)nc23)cn1.Cc1cn(-c2ncnc3[nH]c(-c4ccc(CC(=O)Cc5cc(-c6ccncc6)no5)cc4)cc23)cn1.Cc1cn(-c2ncnc3nc(-c4ccc(CC(=O)Cc5cc(-c6ccncc6)no5)cc4)[nH]c23)cn1. The lowest BCUT2D eigenvalue weighted by atomic mass is 10.0. The number of rotatable bonds is 28. The van der Waals surface area contributed by atoms with Crippen molar-refractivity contribution in [3.63, 3.8) is 0 Å². The first-order chi connectivity index (χ1) is 70.5. The molecule has 0 aliphatic heterocycles.